The molecule has 9 heteroatoms. The number of halogens is 1. The van der Waals surface area contributed by atoms with E-state index >= 15 is 4.39 Å². The van der Waals surface area contributed by atoms with Crippen molar-refractivity contribution in [2.75, 3.05) is 0 Å². The van der Waals surface area contributed by atoms with E-state index in [0.29, 0.717) is 62.1 Å². The molecule has 10 aromatic rings. The van der Waals surface area contributed by atoms with Crippen molar-refractivity contribution in [1.29, 1.82) is 0 Å². The first-order valence-corrected chi connectivity index (χ1v) is 22.5. The summed E-state index contributed by atoms with van der Waals surface area (Å²) in [5, 5.41) is 5.58. The molecule has 4 aromatic heterocycles. The fraction of sp³-hybridized carbons (Fsp3) is 0.254. The Bertz CT molecular complexity index is 3730. The van der Waals surface area contributed by atoms with Crippen LogP contribution >= 0.6 is 0 Å². The van der Waals surface area contributed by atoms with Crippen molar-refractivity contribution in [3.05, 3.63) is 179 Å². The van der Waals surface area contributed by atoms with E-state index in [9.17, 15) is 0 Å². The molecule has 0 aliphatic heterocycles. The molecule has 4 heterocycles. The molecule has 0 saturated heterocycles. The zero-order valence-electron chi connectivity index (χ0n) is 47.5. The average Bonchev–Trinajstić information content (AvgIpc) is 4.10. The van der Waals surface area contributed by atoms with Crippen LogP contribution in [0.1, 0.15) is 111 Å². The molecule has 0 spiro atoms. The van der Waals surface area contributed by atoms with Crippen LogP contribution in [0.15, 0.2) is 126 Å². The van der Waals surface area contributed by atoms with Gasteiger partial charge in [0.2, 0.25) is 0 Å². The first-order chi connectivity index (χ1) is 35.3. The van der Waals surface area contributed by atoms with Crippen molar-refractivity contribution < 1.29 is 39.9 Å². The number of hydrogen-bond donors (Lipinski definition) is 0. The number of furan rings is 1. The van der Waals surface area contributed by atoms with Gasteiger partial charge in [-0.15, -0.1) is 53.6 Å². The van der Waals surface area contributed by atoms with E-state index in [1.54, 1.807) is 58.9 Å². The van der Waals surface area contributed by atoms with Crippen LogP contribution in [0.25, 0.3) is 78.1 Å². The molecule has 0 saturated carbocycles. The number of rotatable bonds is 8. The SMILES string of the molecule is [2H]C([2H])([2H])c1c[c-]c(-c2nc3ccccc3n2-c2c(C(C)C)cccc2C(C)C)cc1.[2H]C([2H])([2H])c1cnc(-c2[c-]ccc3c2oc2c(-c4ccccc4)c(-n4nc(C)nc4C)c(F)cc23)cc1C([2H])([2H])C(C)(C)C.[Ir]. The Morgan fingerprint density at radius 2 is 1.53 bits per heavy atom. The third kappa shape index (κ3) is 9.22. The number of pyridine rings is 1. The van der Waals surface area contributed by atoms with Gasteiger partial charge < -0.3 is 14.0 Å². The molecule has 347 valence electrons. The summed E-state index contributed by atoms with van der Waals surface area (Å²) < 4.78 is 91.4. The Balaban J connectivity index is 0.000000211. The standard InChI is InChI=1S/C33H30FN4O.C26H27N2.Ir/c1-19-18-35-28(15-23(19)17-33(4,5)6)25-14-10-13-24-26-16-27(34)30(38-21(3)36-20(2)37-38)29(32(26)39-31(24)25)22-11-8-7-9-12-22;1-17(2)21-9-8-10-22(18(3)4)25(21)28-24-12-7-6-11-23(24)27-26(28)20-15-13-19(5)14-16-20;/h7-13,15-16,18H,17H2,1-6H3;6-15,17-18H,1-5H3;/q2*-1;/i1D3,17D2;5D3;. The van der Waals surface area contributed by atoms with Crippen LogP contribution in [-0.2, 0) is 26.5 Å². The van der Waals surface area contributed by atoms with Gasteiger partial charge in [0.05, 0.1) is 28.0 Å². The van der Waals surface area contributed by atoms with Gasteiger partial charge in [0.25, 0.3) is 0 Å². The minimum absolute atomic E-state index is 0. The van der Waals surface area contributed by atoms with Crippen molar-refractivity contribution >= 4 is 33.0 Å². The Hall–Kier alpha value is -6.54. The minimum atomic E-state index is -2.58. The predicted molar refractivity (Wildman–Crippen MR) is 272 cm³/mol. The third-order valence-corrected chi connectivity index (χ3v) is 11.6. The summed E-state index contributed by atoms with van der Waals surface area (Å²) in [5.74, 6) is 1.95. The summed E-state index contributed by atoms with van der Waals surface area (Å²) in [7, 11) is 0. The summed E-state index contributed by atoms with van der Waals surface area (Å²) >= 11 is 0. The van der Waals surface area contributed by atoms with Crippen molar-refractivity contribution in [3.8, 4) is 45.1 Å². The van der Waals surface area contributed by atoms with Gasteiger partial charge in [-0.2, -0.15) is 5.10 Å². The first kappa shape index (κ1) is 38.4. The van der Waals surface area contributed by atoms with E-state index in [4.69, 9.17) is 20.4 Å². The molecule has 0 atom stereocenters. The Kier molecular flexibility index (Phi) is 10.9. The van der Waals surface area contributed by atoms with Crippen LogP contribution in [0.2, 0.25) is 0 Å². The molecule has 7 nitrogen and oxygen atoms in total. The summed E-state index contributed by atoms with van der Waals surface area (Å²) in [6.45, 7) is 12.8. The van der Waals surface area contributed by atoms with Crippen molar-refractivity contribution in [2.24, 2.45) is 5.41 Å². The second-order valence-corrected chi connectivity index (χ2v) is 18.5. The second kappa shape index (κ2) is 19.2. The molecule has 0 N–H and O–H groups in total. The normalized spacial score (nSPS) is 14.1. The first-order valence-electron chi connectivity index (χ1n) is 26.5. The number of aryl methyl sites for hydroxylation is 4. The molecule has 0 aliphatic rings. The van der Waals surface area contributed by atoms with Crippen molar-refractivity contribution in [3.63, 3.8) is 0 Å². The quantitative estimate of drug-likeness (QED) is 0.142. The van der Waals surface area contributed by atoms with E-state index in [1.807, 2.05) is 54.6 Å². The second-order valence-electron chi connectivity index (χ2n) is 18.5. The van der Waals surface area contributed by atoms with Crippen LogP contribution in [0.3, 0.4) is 0 Å². The summed E-state index contributed by atoms with van der Waals surface area (Å²) in [6, 6.07) is 41.6. The molecule has 1 radical (unpaired) electrons. The fourth-order valence-electron chi connectivity index (χ4n) is 8.70. The number of nitrogens with zero attached hydrogens (tertiary/aromatic N) is 6. The Morgan fingerprint density at radius 1 is 0.794 bits per heavy atom. The molecule has 0 bridgehead atoms. The minimum Gasteiger partial charge on any atom is -0.500 e. The van der Waals surface area contributed by atoms with E-state index in [2.05, 4.69) is 83.7 Å². The maximum atomic E-state index is 16.2. The van der Waals surface area contributed by atoms with Gasteiger partial charge in [-0.25, -0.2) is 14.1 Å². The van der Waals surface area contributed by atoms with Gasteiger partial charge >= 0.3 is 0 Å². The molecule has 0 amide bonds. The molecule has 68 heavy (non-hydrogen) atoms. The van der Waals surface area contributed by atoms with Gasteiger partial charge in [-0.3, -0.25) is 4.98 Å². The molecule has 0 fully saturated rings. The van der Waals surface area contributed by atoms with Crippen LogP contribution < -0.4 is 0 Å². The number of fused-ring (bicyclic) bond motifs is 4. The van der Waals surface area contributed by atoms with Gasteiger partial charge in [0.1, 0.15) is 28.7 Å². The smallest absolute Gasteiger partial charge is 0.150 e. The van der Waals surface area contributed by atoms with Crippen LogP contribution in [0.5, 0.6) is 0 Å². The number of benzene rings is 6. The third-order valence-electron chi connectivity index (χ3n) is 11.6. The zero-order chi connectivity index (χ0) is 54.1. The fourth-order valence-corrected chi connectivity index (χ4v) is 8.70. The maximum absolute atomic E-state index is 16.2. The van der Waals surface area contributed by atoms with E-state index in [-0.39, 0.29) is 48.2 Å². The average molecular weight is 1090 g/mol. The summed E-state index contributed by atoms with van der Waals surface area (Å²) in [5.41, 5.74) is 8.47. The number of aromatic nitrogens is 6. The largest absolute Gasteiger partial charge is 0.500 e. The van der Waals surface area contributed by atoms with E-state index < -0.39 is 31.3 Å². The molecule has 6 aromatic carbocycles. The van der Waals surface area contributed by atoms with Gasteiger partial charge in [-0.1, -0.05) is 139 Å². The predicted octanol–water partition coefficient (Wildman–Crippen LogP) is 15.4. The Morgan fingerprint density at radius 3 is 2.18 bits per heavy atom. The van der Waals surface area contributed by atoms with Crippen molar-refractivity contribution in [1.82, 2.24) is 29.3 Å². The molecule has 10 rings (SSSR count). The van der Waals surface area contributed by atoms with Crippen molar-refractivity contribution in [2.45, 2.75) is 94.2 Å². The summed E-state index contributed by atoms with van der Waals surface area (Å²) in [6.07, 6.45) is -0.804. The monoisotopic (exact) mass is 1090 g/mol. The summed E-state index contributed by atoms with van der Waals surface area (Å²) in [4.78, 5) is 13.8. The number of para-hydroxylation sites is 3. The van der Waals surface area contributed by atoms with Gasteiger partial charge in [-0.05, 0) is 90.5 Å². The molecular formula is C59H57FIrN6O-2. The van der Waals surface area contributed by atoms with Gasteiger partial charge in [0.15, 0.2) is 0 Å². The van der Waals surface area contributed by atoms with Crippen LogP contribution in [0, 0.1) is 50.9 Å². The van der Waals surface area contributed by atoms with Crippen LogP contribution in [-0.4, -0.2) is 29.3 Å². The number of imidazole rings is 1. The van der Waals surface area contributed by atoms with Gasteiger partial charge in [0, 0.05) is 48.3 Å². The molecule has 0 aliphatic carbocycles. The topological polar surface area (TPSA) is 74.6 Å². The van der Waals surface area contributed by atoms with E-state index in [0.717, 1.165) is 28.1 Å². The maximum Gasteiger partial charge on any atom is 0.150 e. The number of hydrogen-bond acceptors (Lipinski definition) is 5. The zero-order valence-corrected chi connectivity index (χ0v) is 41.9. The molecule has 0 unspecified atom stereocenters. The Labute approximate surface area is 424 Å². The van der Waals surface area contributed by atoms with Crippen LogP contribution in [0.4, 0.5) is 4.39 Å². The molecular weight excluding hydrogens is 1020 g/mol. The van der Waals surface area contributed by atoms with E-state index in [1.165, 1.54) is 34.1 Å².